The zero-order valence-electron chi connectivity index (χ0n) is 8.83. The van der Waals surface area contributed by atoms with Gasteiger partial charge in [-0.05, 0) is 12.8 Å². The van der Waals surface area contributed by atoms with Gasteiger partial charge in [-0.25, -0.2) is 9.97 Å². The maximum atomic E-state index is 4.37. The van der Waals surface area contributed by atoms with Crippen LogP contribution in [0.15, 0.2) is 12.4 Å². The van der Waals surface area contributed by atoms with Crippen molar-refractivity contribution in [1.29, 1.82) is 0 Å². The fraction of sp³-hybridized carbons (Fsp3) is 0.636. The van der Waals surface area contributed by atoms with Gasteiger partial charge >= 0.3 is 0 Å². The lowest BCUT2D eigenvalue weighted by Crippen LogP contribution is -2.22. The Balaban J connectivity index is 1.92. The van der Waals surface area contributed by atoms with Crippen molar-refractivity contribution in [3.05, 3.63) is 23.8 Å². The molecule has 14 heavy (non-hydrogen) atoms. The Morgan fingerprint density at radius 3 is 2.50 bits per heavy atom. The van der Waals surface area contributed by atoms with Gasteiger partial charge in [0.2, 0.25) is 0 Å². The van der Waals surface area contributed by atoms with E-state index in [4.69, 9.17) is 0 Å². The summed E-state index contributed by atoms with van der Waals surface area (Å²) in [4.78, 5) is 8.74. The van der Waals surface area contributed by atoms with Crippen molar-refractivity contribution in [2.75, 3.05) is 0 Å². The normalized spacial score (nSPS) is 16.2. The summed E-state index contributed by atoms with van der Waals surface area (Å²) in [7, 11) is 0. The number of nitrogens with zero attached hydrogens (tertiary/aromatic N) is 2. The highest BCUT2D eigenvalue weighted by Crippen LogP contribution is 2.37. The molecule has 3 heteroatoms. The lowest BCUT2D eigenvalue weighted by atomic mass is 10.3. The van der Waals surface area contributed by atoms with Crippen molar-refractivity contribution >= 4 is 0 Å². The topological polar surface area (TPSA) is 37.8 Å². The van der Waals surface area contributed by atoms with E-state index in [0.717, 1.165) is 12.4 Å². The third kappa shape index (κ3) is 2.51. The minimum absolute atomic E-state index is 0.512. The molecule has 0 radical (unpaired) electrons. The molecule has 0 unspecified atom stereocenters. The zero-order valence-corrected chi connectivity index (χ0v) is 8.83. The van der Waals surface area contributed by atoms with Crippen LogP contribution in [-0.2, 0) is 6.54 Å². The van der Waals surface area contributed by atoms with Gasteiger partial charge in [-0.3, -0.25) is 0 Å². The minimum Gasteiger partial charge on any atom is -0.310 e. The van der Waals surface area contributed by atoms with Gasteiger partial charge in [0.05, 0.1) is 0 Å². The molecule has 0 aliphatic heterocycles. The van der Waals surface area contributed by atoms with E-state index in [9.17, 15) is 0 Å². The molecule has 0 aromatic carbocycles. The fourth-order valence-corrected chi connectivity index (χ4v) is 1.33. The third-order valence-electron chi connectivity index (χ3n) is 2.38. The molecule has 1 aliphatic rings. The van der Waals surface area contributed by atoms with Crippen LogP contribution in [0, 0.1) is 0 Å². The van der Waals surface area contributed by atoms with E-state index in [-0.39, 0.29) is 0 Å². The van der Waals surface area contributed by atoms with E-state index in [2.05, 4.69) is 29.1 Å². The molecule has 1 aromatic heterocycles. The van der Waals surface area contributed by atoms with E-state index < -0.39 is 0 Å². The summed E-state index contributed by atoms with van der Waals surface area (Å²) in [5.74, 6) is 1.68. The molecule has 76 valence electrons. The van der Waals surface area contributed by atoms with Crippen LogP contribution < -0.4 is 5.32 Å². The first-order valence-corrected chi connectivity index (χ1v) is 5.30. The van der Waals surface area contributed by atoms with Gasteiger partial charge in [-0.1, -0.05) is 13.8 Å². The van der Waals surface area contributed by atoms with Gasteiger partial charge in [-0.15, -0.1) is 0 Å². The quantitative estimate of drug-likeness (QED) is 0.789. The Morgan fingerprint density at radius 1 is 1.36 bits per heavy atom. The average Bonchev–Trinajstić information content (AvgIpc) is 2.99. The summed E-state index contributed by atoms with van der Waals surface area (Å²) in [5.41, 5.74) is 1.17. The molecule has 0 atom stereocenters. The van der Waals surface area contributed by atoms with E-state index in [1.165, 1.54) is 18.4 Å². The van der Waals surface area contributed by atoms with Crippen LogP contribution in [0.5, 0.6) is 0 Å². The van der Waals surface area contributed by atoms with Crippen LogP contribution in [0.25, 0.3) is 0 Å². The van der Waals surface area contributed by atoms with E-state index in [0.29, 0.717) is 12.0 Å². The molecule has 1 saturated carbocycles. The largest absolute Gasteiger partial charge is 0.310 e. The predicted molar refractivity (Wildman–Crippen MR) is 56.0 cm³/mol. The Bertz CT molecular complexity index is 288. The molecule has 0 saturated heterocycles. The third-order valence-corrected chi connectivity index (χ3v) is 2.38. The predicted octanol–water partition coefficient (Wildman–Crippen LogP) is 1.85. The standard InChI is InChI=1S/C11H17N3/c1-8(2)12-5-9-6-13-11(14-7-9)10-3-4-10/h6-8,10,12H,3-5H2,1-2H3. The summed E-state index contributed by atoms with van der Waals surface area (Å²) in [6.07, 6.45) is 6.42. The number of hydrogen-bond acceptors (Lipinski definition) is 3. The lowest BCUT2D eigenvalue weighted by molar-refractivity contribution is 0.586. The molecule has 3 nitrogen and oxygen atoms in total. The summed E-state index contributed by atoms with van der Waals surface area (Å²) < 4.78 is 0. The van der Waals surface area contributed by atoms with Crippen molar-refractivity contribution in [2.24, 2.45) is 0 Å². The summed E-state index contributed by atoms with van der Waals surface area (Å²) in [6.45, 7) is 5.14. The average molecular weight is 191 g/mol. The van der Waals surface area contributed by atoms with Crippen molar-refractivity contribution in [3.8, 4) is 0 Å². The zero-order chi connectivity index (χ0) is 9.97. The molecule has 1 heterocycles. The monoisotopic (exact) mass is 191 g/mol. The van der Waals surface area contributed by atoms with E-state index >= 15 is 0 Å². The Kier molecular flexibility index (Phi) is 2.77. The Labute approximate surface area is 85.0 Å². The first kappa shape index (κ1) is 9.59. The van der Waals surface area contributed by atoms with Gasteiger partial charge in [0, 0.05) is 36.5 Å². The number of rotatable bonds is 4. The SMILES string of the molecule is CC(C)NCc1cnc(C2CC2)nc1. The highest BCUT2D eigenvalue weighted by atomic mass is 14.9. The van der Waals surface area contributed by atoms with E-state index in [1.54, 1.807) is 0 Å². The molecule has 1 N–H and O–H groups in total. The fourth-order valence-electron chi connectivity index (χ4n) is 1.33. The van der Waals surface area contributed by atoms with Gasteiger partial charge in [-0.2, -0.15) is 0 Å². The van der Waals surface area contributed by atoms with Crippen LogP contribution in [0.2, 0.25) is 0 Å². The molecular formula is C11H17N3. The molecule has 1 fully saturated rings. The lowest BCUT2D eigenvalue weighted by Gasteiger charge is -2.07. The minimum atomic E-state index is 0.512. The van der Waals surface area contributed by atoms with Crippen molar-refractivity contribution in [1.82, 2.24) is 15.3 Å². The first-order valence-electron chi connectivity index (χ1n) is 5.30. The van der Waals surface area contributed by atoms with Crippen LogP contribution in [-0.4, -0.2) is 16.0 Å². The van der Waals surface area contributed by atoms with Crippen LogP contribution in [0.3, 0.4) is 0 Å². The van der Waals surface area contributed by atoms with Crippen LogP contribution in [0.1, 0.15) is 44.0 Å². The number of nitrogens with one attached hydrogen (secondary N) is 1. The molecule has 0 amide bonds. The van der Waals surface area contributed by atoms with Crippen molar-refractivity contribution < 1.29 is 0 Å². The Hall–Kier alpha value is -0.960. The highest BCUT2D eigenvalue weighted by molar-refractivity contribution is 5.10. The summed E-state index contributed by atoms with van der Waals surface area (Å²) in [5, 5.41) is 3.35. The maximum absolute atomic E-state index is 4.37. The first-order chi connectivity index (χ1) is 6.75. The smallest absolute Gasteiger partial charge is 0.131 e. The number of aromatic nitrogens is 2. The molecule has 1 aliphatic carbocycles. The molecular weight excluding hydrogens is 174 g/mol. The molecule has 0 spiro atoms. The maximum Gasteiger partial charge on any atom is 0.131 e. The summed E-state index contributed by atoms with van der Waals surface area (Å²) in [6, 6.07) is 0.512. The molecule has 1 aromatic rings. The number of hydrogen-bond donors (Lipinski definition) is 1. The van der Waals surface area contributed by atoms with Gasteiger partial charge < -0.3 is 5.32 Å². The molecule has 0 bridgehead atoms. The van der Waals surface area contributed by atoms with Gasteiger partial charge in [0.1, 0.15) is 5.82 Å². The second-order valence-electron chi connectivity index (χ2n) is 4.26. The molecule has 2 rings (SSSR count). The second-order valence-corrected chi connectivity index (χ2v) is 4.26. The summed E-state index contributed by atoms with van der Waals surface area (Å²) >= 11 is 0. The van der Waals surface area contributed by atoms with E-state index in [1.807, 2.05) is 12.4 Å². The van der Waals surface area contributed by atoms with Gasteiger partial charge in [0.15, 0.2) is 0 Å². The van der Waals surface area contributed by atoms with Crippen LogP contribution >= 0.6 is 0 Å². The second kappa shape index (κ2) is 4.05. The highest BCUT2D eigenvalue weighted by Gasteiger charge is 2.25. The van der Waals surface area contributed by atoms with Crippen LogP contribution in [0.4, 0.5) is 0 Å². The van der Waals surface area contributed by atoms with Gasteiger partial charge in [0.25, 0.3) is 0 Å². The Morgan fingerprint density at radius 2 is 2.00 bits per heavy atom. The van der Waals surface area contributed by atoms with Crippen molar-refractivity contribution in [2.45, 2.75) is 45.2 Å². The van der Waals surface area contributed by atoms with Crippen molar-refractivity contribution in [3.63, 3.8) is 0 Å².